The highest BCUT2D eigenvalue weighted by Gasteiger charge is 2.35. The van der Waals surface area contributed by atoms with E-state index in [9.17, 15) is 14.4 Å². The first-order valence-corrected chi connectivity index (χ1v) is 12.0. The Bertz CT molecular complexity index is 1080. The van der Waals surface area contributed by atoms with E-state index in [-0.39, 0.29) is 29.9 Å². The van der Waals surface area contributed by atoms with Gasteiger partial charge in [0.05, 0.1) is 11.7 Å². The van der Waals surface area contributed by atoms with Gasteiger partial charge in [0, 0.05) is 30.2 Å². The number of carbonyl (C=O) groups is 3. The fourth-order valence-electron chi connectivity index (χ4n) is 2.95. The van der Waals surface area contributed by atoms with Crippen molar-refractivity contribution in [3.8, 4) is 0 Å². The normalized spacial score (nSPS) is 15.8. The molecule has 0 radical (unpaired) electrons. The zero-order valence-corrected chi connectivity index (χ0v) is 18.9. The number of nitrogens with one attached hydrogen (secondary N) is 2. The van der Waals surface area contributed by atoms with E-state index in [0.29, 0.717) is 21.1 Å². The average Bonchev–Trinajstić information content (AvgIpc) is 3.49. The zero-order valence-electron chi connectivity index (χ0n) is 16.4. The molecule has 9 nitrogen and oxygen atoms in total. The fourth-order valence-corrected chi connectivity index (χ4v) is 5.05. The molecule has 31 heavy (non-hydrogen) atoms. The lowest BCUT2D eigenvalue weighted by molar-refractivity contribution is -0.122. The van der Waals surface area contributed by atoms with Gasteiger partial charge in [0.2, 0.25) is 22.9 Å². The molecule has 3 aromatic rings. The minimum Gasteiger partial charge on any atom is -0.312 e. The van der Waals surface area contributed by atoms with E-state index in [4.69, 9.17) is 0 Å². The lowest BCUT2D eigenvalue weighted by Gasteiger charge is -2.16. The molecule has 1 aliphatic rings. The minimum absolute atomic E-state index is 0.0799. The summed E-state index contributed by atoms with van der Waals surface area (Å²) in [5.41, 5.74) is 1.90. The monoisotopic (exact) mass is 474 g/mol. The van der Waals surface area contributed by atoms with Gasteiger partial charge >= 0.3 is 0 Å². The Morgan fingerprint density at radius 2 is 2.00 bits per heavy atom. The second kappa shape index (κ2) is 9.54. The summed E-state index contributed by atoms with van der Waals surface area (Å²) in [6.45, 7) is 2.30. The summed E-state index contributed by atoms with van der Waals surface area (Å²) in [6, 6.07) is 7.64. The third-order valence-corrected chi connectivity index (χ3v) is 7.14. The van der Waals surface area contributed by atoms with Gasteiger partial charge in [-0.15, -0.1) is 21.5 Å². The predicted octanol–water partition coefficient (Wildman–Crippen LogP) is 3.03. The van der Waals surface area contributed by atoms with E-state index in [0.717, 1.165) is 11.3 Å². The van der Waals surface area contributed by atoms with Crippen LogP contribution in [0, 0.1) is 12.8 Å². The molecular weight excluding hydrogens is 456 g/mol. The quantitative estimate of drug-likeness (QED) is 0.399. The summed E-state index contributed by atoms with van der Waals surface area (Å²) in [6.07, 6.45) is 1.77. The Labute approximate surface area is 190 Å². The highest BCUT2D eigenvalue weighted by Crippen LogP contribution is 2.29. The summed E-state index contributed by atoms with van der Waals surface area (Å²) in [7, 11) is 0. The Kier molecular flexibility index (Phi) is 6.59. The van der Waals surface area contributed by atoms with Crippen LogP contribution in [0.1, 0.15) is 12.0 Å². The van der Waals surface area contributed by atoms with Gasteiger partial charge in [-0.2, -0.15) is 0 Å². The minimum atomic E-state index is -0.460. The van der Waals surface area contributed by atoms with E-state index >= 15 is 0 Å². The van der Waals surface area contributed by atoms with Crippen molar-refractivity contribution in [3.05, 3.63) is 41.4 Å². The molecule has 1 saturated heterocycles. The van der Waals surface area contributed by atoms with Gasteiger partial charge in [-0.3, -0.25) is 14.4 Å². The molecule has 12 heteroatoms. The predicted molar refractivity (Wildman–Crippen MR) is 122 cm³/mol. The van der Waals surface area contributed by atoms with Gasteiger partial charge in [0.1, 0.15) is 0 Å². The van der Waals surface area contributed by atoms with E-state index in [1.54, 1.807) is 16.5 Å². The van der Waals surface area contributed by atoms with Crippen LogP contribution in [0.5, 0.6) is 0 Å². The highest BCUT2D eigenvalue weighted by molar-refractivity contribution is 8.01. The van der Waals surface area contributed by atoms with Crippen LogP contribution in [0.3, 0.4) is 0 Å². The van der Waals surface area contributed by atoms with Crippen molar-refractivity contribution >= 4 is 68.1 Å². The molecule has 0 spiro atoms. The maximum Gasteiger partial charge on any atom is 0.236 e. The number of rotatable bonds is 7. The van der Waals surface area contributed by atoms with Crippen molar-refractivity contribution in [1.29, 1.82) is 0 Å². The molecule has 3 amide bonds. The molecule has 160 valence electrons. The van der Waals surface area contributed by atoms with Gasteiger partial charge in [0.25, 0.3) is 0 Å². The summed E-state index contributed by atoms with van der Waals surface area (Å²) >= 11 is 3.76. The second-order valence-electron chi connectivity index (χ2n) is 6.78. The number of thiazole rings is 1. The molecule has 4 rings (SSSR count). The number of aryl methyl sites for hydroxylation is 1. The topological polar surface area (TPSA) is 117 Å². The molecule has 1 aliphatic heterocycles. The van der Waals surface area contributed by atoms with Crippen LogP contribution in [-0.4, -0.2) is 45.2 Å². The molecule has 0 bridgehead atoms. The van der Waals surface area contributed by atoms with Crippen LogP contribution in [0.4, 0.5) is 16.0 Å². The van der Waals surface area contributed by atoms with Gasteiger partial charge in [0.15, 0.2) is 9.47 Å². The largest absolute Gasteiger partial charge is 0.312 e. The van der Waals surface area contributed by atoms with Crippen LogP contribution in [0.2, 0.25) is 0 Å². The fraction of sp³-hybridized carbons (Fsp3) is 0.263. The van der Waals surface area contributed by atoms with E-state index < -0.39 is 5.92 Å². The van der Waals surface area contributed by atoms with Crippen LogP contribution in [0.25, 0.3) is 0 Å². The SMILES string of the molecule is Cc1ccc(N2C[C@H](C(=O)Nc3nnc(SCC(=O)Nc4nccs4)s3)CC2=O)cc1. The molecule has 3 heterocycles. The third kappa shape index (κ3) is 5.46. The Morgan fingerprint density at radius 1 is 1.19 bits per heavy atom. The molecular formula is C19H18N6O3S3. The first-order chi connectivity index (χ1) is 15.0. The first kappa shape index (κ1) is 21.4. The molecule has 0 aliphatic carbocycles. The molecule has 0 unspecified atom stereocenters. The van der Waals surface area contributed by atoms with Crippen molar-refractivity contribution in [2.75, 3.05) is 27.8 Å². The molecule has 2 N–H and O–H groups in total. The molecule has 0 saturated carbocycles. The van der Waals surface area contributed by atoms with Crippen LogP contribution in [-0.2, 0) is 14.4 Å². The molecule has 1 aromatic carbocycles. The number of anilines is 3. The summed E-state index contributed by atoms with van der Waals surface area (Å²) < 4.78 is 0.563. The Balaban J connectivity index is 1.28. The van der Waals surface area contributed by atoms with Gasteiger partial charge in [-0.05, 0) is 19.1 Å². The van der Waals surface area contributed by atoms with Gasteiger partial charge < -0.3 is 15.5 Å². The van der Waals surface area contributed by atoms with Crippen molar-refractivity contribution in [3.63, 3.8) is 0 Å². The Hall–Kier alpha value is -2.83. The van der Waals surface area contributed by atoms with E-state index in [1.165, 1.54) is 34.4 Å². The third-order valence-electron chi connectivity index (χ3n) is 4.48. The number of thioether (sulfide) groups is 1. The summed E-state index contributed by atoms with van der Waals surface area (Å²) in [5.74, 6) is -0.842. The number of amides is 3. The van der Waals surface area contributed by atoms with E-state index in [2.05, 4.69) is 25.8 Å². The second-order valence-corrected chi connectivity index (χ2v) is 9.87. The molecule has 1 atom stereocenters. The number of nitrogens with zero attached hydrogens (tertiary/aromatic N) is 4. The number of hydrogen-bond donors (Lipinski definition) is 2. The summed E-state index contributed by atoms with van der Waals surface area (Å²) in [5, 5.41) is 16.0. The van der Waals surface area contributed by atoms with Crippen LogP contribution in [0.15, 0.2) is 40.2 Å². The Morgan fingerprint density at radius 3 is 2.74 bits per heavy atom. The first-order valence-electron chi connectivity index (χ1n) is 9.31. The van der Waals surface area contributed by atoms with Crippen molar-refractivity contribution < 1.29 is 14.4 Å². The molecule has 2 aromatic heterocycles. The zero-order chi connectivity index (χ0) is 21.8. The maximum absolute atomic E-state index is 12.6. The average molecular weight is 475 g/mol. The molecule has 1 fully saturated rings. The number of benzene rings is 1. The van der Waals surface area contributed by atoms with Crippen molar-refractivity contribution in [2.24, 2.45) is 5.92 Å². The number of aromatic nitrogens is 3. The van der Waals surface area contributed by atoms with Crippen molar-refractivity contribution in [2.45, 2.75) is 17.7 Å². The summed E-state index contributed by atoms with van der Waals surface area (Å²) in [4.78, 5) is 42.5. The lowest BCUT2D eigenvalue weighted by atomic mass is 10.1. The smallest absolute Gasteiger partial charge is 0.236 e. The van der Waals surface area contributed by atoms with Crippen molar-refractivity contribution in [1.82, 2.24) is 15.2 Å². The number of hydrogen-bond acceptors (Lipinski definition) is 9. The maximum atomic E-state index is 12.6. The van der Waals surface area contributed by atoms with E-state index in [1.807, 2.05) is 31.2 Å². The van der Waals surface area contributed by atoms with Crippen LogP contribution < -0.4 is 15.5 Å². The van der Waals surface area contributed by atoms with Gasteiger partial charge in [-0.25, -0.2) is 4.98 Å². The van der Waals surface area contributed by atoms with Crippen LogP contribution >= 0.6 is 34.4 Å². The highest BCUT2D eigenvalue weighted by atomic mass is 32.2. The lowest BCUT2D eigenvalue weighted by Crippen LogP contribution is -2.28. The number of carbonyl (C=O) groups excluding carboxylic acids is 3. The van der Waals surface area contributed by atoms with Gasteiger partial charge in [-0.1, -0.05) is 40.8 Å². The standard InChI is InChI=1S/C19H18N6O3S3/c1-11-2-4-13(5-3-11)25-9-12(8-15(25)27)16(28)22-18-23-24-19(31-18)30-10-14(26)21-17-20-6-7-29-17/h2-7,12H,8-10H2,1H3,(H,20,21,26)(H,22,23,28)/t12-/m1/s1.